The molecule has 0 saturated heterocycles. The molecule has 104 valence electrons. The van der Waals surface area contributed by atoms with Crippen molar-refractivity contribution in [2.24, 2.45) is 7.05 Å². The van der Waals surface area contributed by atoms with Crippen molar-refractivity contribution in [1.82, 2.24) is 24.9 Å². The Kier molecular flexibility index (Phi) is 4.04. The van der Waals surface area contributed by atoms with Gasteiger partial charge in [0.05, 0.1) is 23.1 Å². The summed E-state index contributed by atoms with van der Waals surface area (Å²) in [6.07, 6.45) is 2.91. The highest BCUT2D eigenvalue weighted by atomic mass is 15.3. The minimum atomic E-state index is 0.238. The number of aryl methyl sites for hydroxylation is 2. The smallest absolute Gasteiger partial charge is 0.0644 e. The predicted molar refractivity (Wildman–Crippen MR) is 76.1 cm³/mol. The van der Waals surface area contributed by atoms with Crippen LogP contribution in [0.1, 0.15) is 43.0 Å². The molecule has 0 amide bonds. The van der Waals surface area contributed by atoms with E-state index in [-0.39, 0.29) is 6.04 Å². The second-order valence-electron chi connectivity index (χ2n) is 5.26. The SMILES string of the molecule is CNC(Cc1ccn(C(C)C)n1)c1cc(C)nn1C. The first-order valence-corrected chi connectivity index (χ1v) is 6.73. The lowest BCUT2D eigenvalue weighted by molar-refractivity contribution is 0.503. The van der Waals surface area contributed by atoms with Gasteiger partial charge in [0.15, 0.2) is 0 Å². The second-order valence-corrected chi connectivity index (χ2v) is 5.26. The molecule has 2 aromatic heterocycles. The zero-order valence-electron chi connectivity index (χ0n) is 12.4. The van der Waals surface area contributed by atoms with Gasteiger partial charge in [0.2, 0.25) is 0 Å². The second kappa shape index (κ2) is 5.57. The minimum absolute atomic E-state index is 0.238. The molecule has 0 saturated carbocycles. The first-order valence-electron chi connectivity index (χ1n) is 6.73. The van der Waals surface area contributed by atoms with Gasteiger partial charge < -0.3 is 5.32 Å². The van der Waals surface area contributed by atoms with Crippen LogP contribution in [0, 0.1) is 6.92 Å². The van der Waals surface area contributed by atoms with Crippen LogP contribution in [0.3, 0.4) is 0 Å². The van der Waals surface area contributed by atoms with Crippen molar-refractivity contribution in [1.29, 1.82) is 0 Å². The summed E-state index contributed by atoms with van der Waals surface area (Å²) in [7, 11) is 3.96. The molecule has 0 aliphatic heterocycles. The van der Waals surface area contributed by atoms with Crippen molar-refractivity contribution in [3.8, 4) is 0 Å². The molecule has 0 spiro atoms. The summed E-state index contributed by atoms with van der Waals surface area (Å²) in [5.41, 5.74) is 3.34. The molecule has 0 radical (unpaired) electrons. The molecule has 2 aromatic rings. The van der Waals surface area contributed by atoms with Gasteiger partial charge in [0.1, 0.15) is 0 Å². The van der Waals surface area contributed by atoms with Crippen molar-refractivity contribution >= 4 is 0 Å². The molecule has 2 heterocycles. The Morgan fingerprint density at radius 2 is 2.05 bits per heavy atom. The fourth-order valence-electron chi connectivity index (χ4n) is 2.29. The highest BCUT2D eigenvalue weighted by Gasteiger charge is 2.16. The monoisotopic (exact) mass is 261 g/mol. The Balaban J connectivity index is 2.16. The molecular formula is C14H23N5. The van der Waals surface area contributed by atoms with Gasteiger partial charge in [-0.3, -0.25) is 9.36 Å². The zero-order chi connectivity index (χ0) is 14.0. The Morgan fingerprint density at radius 3 is 2.53 bits per heavy atom. The fraction of sp³-hybridized carbons (Fsp3) is 0.571. The average molecular weight is 261 g/mol. The van der Waals surface area contributed by atoms with Gasteiger partial charge in [-0.25, -0.2) is 0 Å². The lowest BCUT2D eigenvalue weighted by Crippen LogP contribution is -2.22. The van der Waals surface area contributed by atoms with E-state index in [1.807, 2.05) is 36.6 Å². The van der Waals surface area contributed by atoms with E-state index in [1.54, 1.807) is 0 Å². The number of nitrogens with one attached hydrogen (secondary N) is 1. The summed E-state index contributed by atoms with van der Waals surface area (Å²) in [6, 6.07) is 4.86. The third-order valence-corrected chi connectivity index (χ3v) is 3.35. The van der Waals surface area contributed by atoms with Crippen molar-refractivity contribution in [2.45, 2.75) is 39.3 Å². The van der Waals surface area contributed by atoms with Gasteiger partial charge >= 0.3 is 0 Å². The Bertz CT molecular complexity index is 538. The Labute approximate surface area is 114 Å². The lowest BCUT2D eigenvalue weighted by atomic mass is 10.1. The molecule has 5 heteroatoms. The largest absolute Gasteiger partial charge is 0.311 e. The van der Waals surface area contributed by atoms with Crippen LogP contribution in [-0.2, 0) is 13.5 Å². The number of likely N-dealkylation sites (N-methyl/N-ethyl adjacent to an activating group) is 1. The van der Waals surface area contributed by atoms with Gasteiger partial charge in [-0.2, -0.15) is 10.2 Å². The van der Waals surface area contributed by atoms with E-state index in [4.69, 9.17) is 0 Å². The molecule has 0 aliphatic carbocycles. The van der Waals surface area contributed by atoms with Gasteiger partial charge in [-0.15, -0.1) is 0 Å². The molecule has 0 bridgehead atoms. The molecule has 2 rings (SSSR count). The first kappa shape index (κ1) is 13.8. The highest BCUT2D eigenvalue weighted by Crippen LogP contribution is 2.18. The molecule has 19 heavy (non-hydrogen) atoms. The van der Waals surface area contributed by atoms with E-state index in [9.17, 15) is 0 Å². The number of nitrogens with zero attached hydrogens (tertiary/aromatic N) is 4. The normalized spacial score (nSPS) is 13.2. The maximum absolute atomic E-state index is 4.61. The first-order chi connectivity index (χ1) is 9.01. The summed E-state index contributed by atoms with van der Waals surface area (Å²) in [5, 5.41) is 12.4. The quantitative estimate of drug-likeness (QED) is 0.895. The third kappa shape index (κ3) is 3.04. The van der Waals surface area contributed by atoms with Crippen molar-refractivity contribution in [3.05, 3.63) is 35.4 Å². The minimum Gasteiger partial charge on any atom is -0.311 e. The van der Waals surface area contributed by atoms with E-state index in [0.717, 1.165) is 17.8 Å². The predicted octanol–water partition coefficient (Wildman–Crippen LogP) is 2.01. The highest BCUT2D eigenvalue weighted by molar-refractivity contribution is 5.16. The van der Waals surface area contributed by atoms with Crippen LogP contribution in [0.5, 0.6) is 0 Å². The summed E-state index contributed by atoms with van der Waals surface area (Å²) in [4.78, 5) is 0. The molecule has 0 aliphatic rings. The molecule has 1 unspecified atom stereocenters. The van der Waals surface area contributed by atoms with Crippen LogP contribution in [0.2, 0.25) is 0 Å². The third-order valence-electron chi connectivity index (χ3n) is 3.35. The van der Waals surface area contributed by atoms with Gasteiger partial charge in [0, 0.05) is 25.7 Å². The number of hydrogen-bond acceptors (Lipinski definition) is 3. The fourth-order valence-corrected chi connectivity index (χ4v) is 2.29. The maximum Gasteiger partial charge on any atom is 0.0644 e. The van der Waals surface area contributed by atoms with E-state index < -0.39 is 0 Å². The van der Waals surface area contributed by atoms with Crippen LogP contribution < -0.4 is 5.32 Å². The average Bonchev–Trinajstić information content (AvgIpc) is 2.93. The molecule has 1 N–H and O–H groups in total. The van der Waals surface area contributed by atoms with Gasteiger partial charge in [0.25, 0.3) is 0 Å². The van der Waals surface area contributed by atoms with Crippen LogP contribution in [0.4, 0.5) is 0 Å². The van der Waals surface area contributed by atoms with Crippen molar-refractivity contribution < 1.29 is 0 Å². The van der Waals surface area contributed by atoms with Crippen LogP contribution in [0.25, 0.3) is 0 Å². The van der Waals surface area contributed by atoms with E-state index >= 15 is 0 Å². The molecule has 1 atom stereocenters. The summed E-state index contributed by atoms with van der Waals surface area (Å²) < 4.78 is 3.94. The number of hydrogen-bond donors (Lipinski definition) is 1. The molecule has 5 nitrogen and oxygen atoms in total. The van der Waals surface area contributed by atoms with Crippen LogP contribution in [-0.4, -0.2) is 26.6 Å². The standard InChI is InChI=1S/C14H23N5/c1-10(2)19-7-6-12(17-19)9-13(15-4)14-8-11(3)16-18(14)5/h6-8,10,13,15H,9H2,1-5H3. The van der Waals surface area contributed by atoms with Gasteiger partial charge in [-0.1, -0.05) is 0 Å². The summed E-state index contributed by atoms with van der Waals surface area (Å²) >= 11 is 0. The van der Waals surface area contributed by atoms with Gasteiger partial charge in [-0.05, 0) is 40.0 Å². The van der Waals surface area contributed by atoms with Crippen molar-refractivity contribution in [2.75, 3.05) is 7.05 Å². The Hall–Kier alpha value is -1.62. The molecule has 0 fully saturated rings. The topological polar surface area (TPSA) is 47.7 Å². The lowest BCUT2D eigenvalue weighted by Gasteiger charge is -2.15. The Morgan fingerprint density at radius 1 is 1.32 bits per heavy atom. The van der Waals surface area contributed by atoms with Crippen LogP contribution in [0.15, 0.2) is 18.3 Å². The molecule has 0 aromatic carbocycles. The summed E-state index contributed by atoms with van der Waals surface area (Å²) in [6.45, 7) is 6.29. The summed E-state index contributed by atoms with van der Waals surface area (Å²) in [5.74, 6) is 0. The van der Waals surface area contributed by atoms with E-state index in [2.05, 4.69) is 41.5 Å². The number of rotatable bonds is 5. The van der Waals surface area contributed by atoms with E-state index in [0.29, 0.717) is 6.04 Å². The van der Waals surface area contributed by atoms with E-state index in [1.165, 1.54) is 5.69 Å². The van der Waals surface area contributed by atoms with Crippen molar-refractivity contribution in [3.63, 3.8) is 0 Å². The van der Waals surface area contributed by atoms with Crippen LogP contribution >= 0.6 is 0 Å². The maximum atomic E-state index is 4.61. The number of aromatic nitrogens is 4. The zero-order valence-corrected chi connectivity index (χ0v) is 12.4. The molecular weight excluding hydrogens is 238 g/mol.